The zero-order valence-electron chi connectivity index (χ0n) is 18.7. The third-order valence-corrected chi connectivity index (χ3v) is 8.76. The second-order valence-electron chi connectivity index (χ2n) is 8.70. The number of aromatic nitrogens is 3. The van der Waals surface area contributed by atoms with Crippen molar-refractivity contribution in [1.29, 1.82) is 0 Å². The van der Waals surface area contributed by atoms with Crippen LogP contribution in [0.3, 0.4) is 0 Å². The molecule has 0 saturated carbocycles. The molecule has 0 radical (unpaired) electrons. The van der Waals surface area contributed by atoms with Crippen LogP contribution in [0, 0.1) is 5.82 Å². The highest BCUT2D eigenvalue weighted by Gasteiger charge is 2.36. The van der Waals surface area contributed by atoms with Gasteiger partial charge in [-0.3, -0.25) is 0 Å². The van der Waals surface area contributed by atoms with Gasteiger partial charge in [-0.15, -0.1) is 0 Å². The summed E-state index contributed by atoms with van der Waals surface area (Å²) < 4.78 is 46.9. The Labute approximate surface area is 213 Å². The lowest BCUT2D eigenvalue weighted by atomic mass is 9.90. The smallest absolute Gasteiger partial charge is 0.218 e. The Morgan fingerprint density at radius 3 is 2.53 bits per heavy atom. The first-order chi connectivity index (χ1) is 16.2. The number of sulfonamides is 1. The van der Waals surface area contributed by atoms with E-state index in [0.29, 0.717) is 19.0 Å². The molecule has 7 nitrogen and oxygen atoms in total. The minimum atomic E-state index is -3.25. The molecule has 3 heterocycles. The van der Waals surface area contributed by atoms with Crippen LogP contribution in [0.2, 0.25) is 0 Å². The Morgan fingerprint density at radius 2 is 1.91 bits per heavy atom. The molecule has 1 aliphatic rings. The van der Waals surface area contributed by atoms with Gasteiger partial charge in [0.25, 0.3) is 0 Å². The molecule has 2 aromatic carbocycles. The van der Waals surface area contributed by atoms with E-state index < -0.39 is 10.0 Å². The summed E-state index contributed by atoms with van der Waals surface area (Å²) in [7, 11) is -1.78. The Morgan fingerprint density at radius 1 is 1.21 bits per heavy atom. The Balaban J connectivity index is 1.72. The maximum atomic E-state index is 13.8. The van der Waals surface area contributed by atoms with Crippen LogP contribution >= 0.6 is 30.3 Å². The summed E-state index contributed by atoms with van der Waals surface area (Å²) in [6, 6.07) is 10.5. The van der Waals surface area contributed by atoms with Crippen molar-refractivity contribution in [2.24, 2.45) is 0 Å². The van der Waals surface area contributed by atoms with E-state index in [2.05, 4.69) is 46.2 Å². The SMILES string of the molecule is CC(C)c1c(OC2CN(S(C)(=O)=O)C2)nc2cc3c(cnn3SI)cc2c1-c1ccc(F)cc1. The van der Waals surface area contributed by atoms with Crippen LogP contribution in [0.5, 0.6) is 5.88 Å². The summed E-state index contributed by atoms with van der Waals surface area (Å²) in [5.74, 6) is 0.233. The minimum absolute atomic E-state index is 0.0568. The lowest BCUT2D eigenvalue weighted by Gasteiger charge is -2.37. The first kappa shape index (κ1) is 23.8. The standard InChI is InChI=1S/C23H22FIN4O3S2/c1-13(2)21-22(14-4-6-16(24)7-5-14)18-8-15-10-26-29(33-25)20(15)9-19(18)27-23(21)32-17-11-28(12-17)34(3,30)31/h4-10,13,17H,11-12H2,1-3H3. The van der Waals surface area contributed by atoms with Crippen molar-refractivity contribution in [3.8, 4) is 17.0 Å². The summed E-state index contributed by atoms with van der Waals surface area (Å²) >= 11 is 2.18. The molecule has 0 amide bonds. The lowest BCUT2D eigenvalue weighted by molar-refractivity contribution is 0.0718. The summed E-state index contributed by atoms with van der Waals surface area (Å²) in [5.41, 5.74) is 4.37. The van der Waals surface area contributed by atoms with Crippen LogP contribution in [-0.2, 0) is 10.0 Å². The van der Waals surface area contributed by atoms with E-state index in [-0.39, 0.29) is 17.8 Å². The van der Waals surface area contributed by atoms with Crippen molar-refractivity contribution in [1.82, 2.24) is 18.5 Å². The molecule has 178 valence electrons. The van der Waals surface area contributed by atoms with Gasteiger partial charge in [0.15, 0.2) is 0 Å². The predicted octanol–water partition coefficient (Wildman–Crippen LogP) is 5.38. The second kappa shape index (κ2) is 8.92. The minimum Gasteiger partial charge on any atom is -0.471 e. The molecule has 1 fully saturated rings. The zero-order chi connectivity index (χ0) is 24.2. The van der Waals surface area contributed by atoms with Gasteiger partial charge in [0.2, 0.25) is 15.9 Å². The summed E-state index contributed by atoms with van der Waals surface area (Å²) in [4.78, 5) is 4.90. The lowest BCUT2D eigenvalue weighted by Crippen LogP contribution is -2.55. The average molecular weight is 612 g/mol. The quantitative estimate of drug-likeness (QED) is 0.272. The van der Waals surface area contributed by atoms with Gasteiger partial charge >= 0.3 is 0 Å². The number of halogens is 2. The molecule has 4 aromatic rings. The summed E-state index contributed by atoms with van der Waals surface area (Å²) in [6.45, 7) is 4.71. The molecule has 1 aliphatic heterocycles. The van der Waals surface area contributed by atoms with Gasteiger partial charge in [-0.2, -0.15) is 13.5 Å². The first-order valence-electron chi connectivity index (χ1n) is 10.7. The molecule has 0 N–H and O–H groups in total. The zero-order valence-corrected chi connectivity index (χ0v) is 22.5. The van der Waals surface area contributed by atoms with Crippen molar-refractivity contribution in [2.45, 2.75) is 25.9 Å². The normalized spacial score (nSPS) is 15.4. The molecule has 34 heavy (non-hydrogen) atoms. The maximum Gasteiger partial charge on any atom is 0.218 e. The number of rotatable bonds is 6. The number of pyridine rings is 1. The van der Waals surface area contributed by atoms with E-state index in [1.165, 1.54) is 31.8 Å². The monoisotopic (exact) mass is 612 g/mol. The van der Waals surface area contributed by atoms with E-state index in [1.807, 2.05) is 16.4 Å². The average Bonchev–Trinajstić information content (AvgIpc) is 3.15. The summed E-state index contributed by atoms with van der Waals surface area (Å²) in [6.07, 6.45) is 2.74. The van der Waals surface area contributed by atoms with Crippen LogP contribution in [0.1, 0.15) is 25.3 Å². The van der Waals surface area contributed by atoms with Crippen molar-refractivity contribution in [3.63, 3.8) is 0 Å². The van der Waals surface area contributed by atoms with Gasteiger partial charge in [0.1, 0.15) is 11.9 Å². The number of hydrogen-bond acceptors (Lipinski definition) is 6. The van der Waals surface area contributed by atoms with Gasteiger partial charge in [-0.05, 0) is 41.3 Å². The Kier molecular flexibility index (Phi) is 6.23. The molecule has 0 spiro atoms. The van der Waals surface area contributed by atoms with Crippen LogP contribution < -0.4 is 4.74 Å². The van der Waals surface area contributed by atoms with Crippen molar-refractivity contribution < 1.29 is 17.5 Å². The van der Waals surface area contributed by atoms with E-state index >= 15 is 0 Å². The van der Waals surface area contributed by atoms with E-state index in [0.717, 1.165) is 38.5 Å². The third kappa shape index (κ3) is 4.27. The van der Waals surface area contributed by atoms with Gasteiger partial charge in [0.05, 0.1) is 36.6 Å². The highest BCUT2D eigenvalue weighted by molar-refractivity contribution is 14.2. The molecular weight excluding hydrogens is 590 g/mol. The third-order valence-electron chi connectivity index (χ3n) is 5.98. The van der Waals surface area contributed by atoms with Crippen LogP contribution in [0.4, 0.5) is 4.39 Å². The van der Waals surface area contributed by atoms with E-state index in [9.17, 15) is 12.8 Å². The topological polar surface area (TPSA) is 77.3 Å². The molecule has 0 bridgehead atoms. The highest BCUT2D eigenvalue weighted by Crippen LogP contribution is 2.42. The van der Waals surface area contributed by atoms with Gasteiger partial charge in [0, 0.05) is 46.7 Å². The van der Waals surface area contributed by atoms with Gasteiger partial charge < -0.3 is 4.74 Å². The maximum absolute atomic E-state index is 13.8. The number of nitrogens with zero attached hydrogens (tertiary/aromatic N) is 4. The molecule has 0 atom stereocenters. The molecule has 11 heteroatoms. The Bertz CT molecular complexity index is 1500. The number of ether oxygens (including phenoxy) is 1. The van der Waals surface area contributed by atoms with Gasteiger partial charge in [-0.25, -0.2) is 17.8 Å². The second-order valence-corrected chi connectivity index (χ2v) is 12.3. The number of fused-ring (bicyclic) bond motifs is 2. The van der Waals surface area contributed by atoms with Crippen LogP contribution in [0.25, 0.3) is 32.9 Å². The predicted molar refractivity (Wildman–Crippen MR) is 142 cm³/mol. The fourth-order valence-electron chi connectivity index (χ4n) is 4.27. The van der Waals surface area contributed by atoms with Crippen LogP contribution in [0.15, 0.2) is 42.6 Å². The summed E-state index contributed by atoms with van der Waals surface area (Å²) in [5, 5.41) is 6.34. The fraction of sp³-hybridized carbons (Fsp3) is 0.304. The molecule has 0 unspecified atom stereocenters. The molecule has 0 aliphatic carbocycles. The van der Waals surface area contributed by atoms with Crippen molar-refractivity contribution in [3.05, 3.63) is 54.0 Å². The number of benzene rings is 2. The van der Waals surface area contributed by atoms with E-state index in [4.69, 9.17) is 9.72 Å². The van der Waals surface area contributed by atoms with Crippen molar-refractivity contribution >= 4 is 62.2 Å². The number of hydrogen-bond donors (Lipinski definition) is 0. The molecule has 5 rings (SSSR count). The van der Waals surface area contributed by atoms with Gasteiger partial charge in [-0.1, -0.05) is 26.0 Å². The van der Waals surface area contributed by atoms with Crippen molar-refractivity contribution in [2.75, 3.05) is 19.3 Å². The fourth-order valence-corrected chi connectivity index (χ4v) is 6.40. The van der Waals surface area contributed by atoms with Crippen LogP contribution in [-0.4, -0.2) is 52.3 Å². The highest BCUT2D eigenvalue weighted by atomic mass is 127. The first-order valence-corrected chi connectivity index (χ1v) is 15.8. The Hall–Kier alpha value is -1.96. The molecule has 1 saturated heterocycles. The molecular formula is C23H22FIN4O3S2. The van der Waals surface area contributed by atoms with E-state index in [1.54, 1.807) is 12.1 Å². The largest absolute Gasteiger partial charge is 0.471 e. The molecule has 2 aromatic heterocycles.